The quantitative estimate of drug-likeness (QED) is 0.827. The van der Waals surface area contributed by atoms with Crippen LogP contribution in [-0.2, 0) is 20.9 Å². The predicted octanol–water partition coefficient (Wildman–Crippen LogP) is 2.71. The maximum atomic E-state index is 12.4. The summed E-state index contributed by atoms with van der Waals surface area (Å²) in [6.07, 6.45) is 0.132. The summed E-state index contributed by atoms with van der Waals surface area (Å²) in [7, 11) is 0. The molecule has 1 aliphatic rings. The van der Waals surface area contributed by atoms with Crippen molar-refractivity contribution in [1.82, 2.24) is 4.90 Å². The van der Waals surface area contributed by atoms with Gasteiger partial charge in [-0.25, -0.2) is 0 Å². The fourth-order valence-electron chi connectivity index (χ4n) is 3.08. The number of nitrogens with two attached hydrogens (primary N) is 1. The van der Waals surface area contributed by atoms with Gasteiger partial charge in [0.25, 0.3) is 0 Å². The number of likely N-dealkylation sites (tertiary alicyclic amines) is 1. The number of carbonyl (C=O) groups is 3. The van der Waals surface area contributed by atoms with Crippen LogP contribution in [0.25, 0.3) is 0 Å². The molecule has 1 saturated heterocycles. The molecule has 0 bridgehead atoms. The second-order valence-electron chi connectivity index (χ2n) is 6.28. The highest BCUT2D eigenvalue weighted by Gasteiger charge is 2.44. The van der Waals surface area contributed by atoms with E-state index in [2.05, 4.69) is 0 Å². The molecule has 2 atom stereocenters. The van der Waals surface area contributed by atoms with Crippen molar-refractivity contribution in [3.63, 3.8) is 0 Å². The van der Waals surface area contributed by atoms with Gasteiger partial charge >= 0.3 is 0 Å². The van der Waals surface area contributed by atoms with Crippen molar-refractivity contribution >= 4 is 28.7 Å². The molecule has 0 radical (unpaired) electrons. The van der Waals surface area contributed by atoms with Crippen LogP contribution in [-0.4, -0.2) is 33.1 Å². The average molecular weight is 384 g/mol. The van der Waals surface area contributed by atoms with Gasteiger partial charge in [-0.2, -0.15) is 0 Å². The van der Waals surface area contributed by atoms with Crippen molar-refractivity contribution in [2.24, 2.45) is 5.73 Å². The second-order valence-corrected chi connectivity index (χ2v) is 7.70. The van der Waals surface area contributed by atoms with Crippen molar-refractivity contribution in [3.8, 4) is 11.5 Å². The Kier molecular flexibility index (Phi) is 5.81. The van der Waals surface area contributed by atoms with E-state index in [1.165, 1.54) is 11.8 Å². The maximum Gasteiger partial charge on any atom is 0.241 e. The molecule has 2 N–H and O–H groups in total. The Morgan fingerprint density at radius 3 is 2.33 bits per heavy atom. The number of para-hydroxylation sites is 1. The molecule has 1 aliphatic heterocycles. The number of carbonyl (C=O) groups excluding carboxylic acids is 3. The van der Waals surface area contributed by atoms with Gasteiger partial charge in [-0.1, -0.05) is 42.1 Å². The highest BCUT2D eigenvalue weighted by Crippen LogP contribution is 2.32. The van der Waals surface area contributed by atoms with Crippen molar-refractivity contribution in [2.45, 2.75) is 31.2 Å². The van der Waals surface area contributed by atoms with Crippen LogP contribution >= 0.6 is 11.8 Å². The number of benzene rings is 2. The molecule has 2 amide bonds. The second kappa shape index (κ2) is 8.26. The van der Waals surface area contributed by atoms with E-state index >= 15 is 0 Å². The topological polar surface area (TPSA) is 89.7 Å². The molecule has 6 nitrogen and oxygen atoms in total. The van der Waals surface area contributed by atoms with Crippen molar-refractivity contribution in [3.05, 3.63) is 60.2 Å². The van der Waals surface area contributed by atoms with E-state index in [1.807, 2.05) is 54.6 Å². The molecule has 0 saturated carbocycles. The number of hydrogen-bond donors (Lipinski definition) is 1. The Bertz CT molecular complexity index is 839. The standard InChI is InChI=1S/C20H20N2O4S/c1-13(23)27-17-11-18(24)22(19(17)20(21)25)12-14-7-9-16(10-8-14)26-15-5-3-2-4-6-15/h2-10,17,19H,11-12H2,1H3,(H2,21,25)/t17-,19-/m1/s1. The van der Waals surface area contributed by atoms with Gasteiger partial charge in [-0.3, -0.25) is 14.4 Å². The van der Waals surface area contributed by atoms with E-state index in [0.29, 0.717) is 5.75 Å². The largest absolute Gasteiger partial charge is 0.457 e. The molecule has 2 aromatic carbocycles. The van der Waals surface area contributed by atoms with Crippen LogP contribution in [0.4, 0.5) is 0 Å². The minimum Gasteiger partial charge on any atom is -0.457 e. The number of thioether (sulfide) groups is 1. The number of rotatable bonds is 6. The van der Waals surface area contributed by atoms with E-state index in [0.717, 1.165) is 23.1 Å². The molecule has 1 heterocycles. The zero-order valence-electron chi connectivity index (χ0n) is 14.8. The minimum atomic E-state index is -0.786. The third-order valence-corrected chi connectivity index (χ3v) is 5.31. The Morgan fingerprint density at radius 1 is 1.11 bits per heavy atom. The number of primary amides is 1. The molecule has 0 aromatic heterocycles. The van der Waals surface area contributed by atoms with Crippen molar-refractivity contribution in [2.75, 3.05) is 0 Å². The zero-order chi connectivity index (χ0) is 19.4. The van der Waals surface area contributed by atoms with Gasteiger partial charge in [-0.15, -0.1) is 0 Å². The third kappa shape index (κ3) is 4.68. The number of amides is 2. The molecular weight excluding hydrogens is 364 g/mol. The van der Waals surface area contributed by atoms with Gasteiger partial charge in [-0.05, 0) is 29.8 Å². The summed E-state index contributed by atoms with van der Waals surface area (Å²) in [5, 5.41) is -0.573. The van der Waals surface area contributed by atoms with Crippen LogP contribution in [0.15, 0.2) is 54.6 Å². The molecule has 0 aliphatic carbocycles. The SMILES string of the molecule is CC(=O)S[C@@H]1CC(=O)N(Cc2ccc(Oc3ccccc3)cc2)[C@H]1C(N)=O. The van der Waals surface area contributed by atoms with Crippen LogP contribution in [0, 0.1) is 0 Å². The first-order chi connectivity index (χ1) is 12.9. The molecule has 0 spiro atoms. The molecule has 7 heteroatoms. The monoisotopic (exact) mass is 384 g/mol. The van der Waals surface area contributed by atoms with Crippen molar-refractivity contribution < 1.29 is 19.1 Å². The van der Waals surface area contributed by atoms with E-state index in [-0.39, 0.29) is 24.0 Å². The zero-order valence-corrected chi connectivity index (χ0v) is 15.6. The lowest BCUT2D eigenvalue weighted by Crippen LogP contribution is -2.45. The summed E-state index contributed by atoms with van der Waals surface area (Å²) in [5.41, 5.74) is 6.35. The summed E-state index contributed by atoms with van der Waals surface area (Å²) >= 11 is 0.998. The van der Waals surface area contributed by atoms with E-state index in [4.69, 9.17) is 10.5 Å². The van der Waals surface area contributed by atoms with Crippen LogP contribution < -0.4 is 10.5 Å². The van der Waals surface area contributed by atoms with Gasteiger partial charge in [0.2, 0.25) is 11.8 Å². The van der Waals surface area contributed by atoms with Crippen molar-refractivity contribution in [1.29, 1.82) is 0 Å². The highest BCUT2D eigenvalue weighted by molar-refractivity contribution is 8.14. The van der Waals surface area contributed by atoms with Crippen LogP contribution in [0.1, 0.15) is 18.9 Å². The Balaban J connectivity index is 1.70. The van der Waals surface area contributed by atoms with Crippen LogP contribution in [0.3, 0.4) is 0 Å². The first kappa shape index (κ1) is 19.0. The molecular formula is C20H20N2O4S. The van der Waals surface area contributed by atoms with Gasteiger partial charge in [0, 0.05) is 19.9 Å². The first-order valence-corrected chi connectivity index (χ1v) is 9.40. The van der Waals surface area contributed by atoms with Crippen LogP contribution in [0.2, 0.25) is 0 Å². The first-order valence-electron chi connectivity index (χ1n) is 8.52. The van der Waals surface area contributed by atoms with Gasteiger partial charge in [0.05, 0.1) is 5.25 Å². The number of nitrogens with zero attached hydrogens (tertiary/aromatic N) is 1. The molecule has 1 fully saturated rings. The fraction of sp³-hybridized carbons (Fsp3) is 0.250. The summed E-state index contributed by atoms with van der Waals surface area (Å²) in [6.45, 7) is 1.67. The summed E-state index contributed by atoms with van der Waals surface area (Å²) in [5.74, 6) is 0.637. The lowest BCUT2D eigenvalue weighted by atomic mass is 10.1. The van der Waals surface area contributed by atoms with Gasteiger partial charge in [0.15, 0.2) is 5.12 Å². The Labute approximate surface area is 161 Å². The van der Waals surface area contributed by atoms with Crippen LogP contribution in [0.5, 0.6) is 11.5 Å². The summed E-state index contributed by atoms with van der Waals surface area (Å²) < 4.78 is 5.75. The minimum absolute atomic E-state index is 0.132. The molecule has 2 aromatic rings. The van der Waals surface area contributed by atoms with Gasteiger partial charge in [0.1, 0.15) is 17.5 Å². The molecule has 27 heavy (non-hydrogen) atoms. The molecule has 3 rings (SSSR count). The Morgan fingerprint density at radius 2 is 1.74 bits per heavy atom. The maximum absolute atomic E-state index is 12.4. The lowest BCUT2D eigenvalue weighted by Gasteiger charge is -2.25. The number of hydrogen-bond acceptors (Lipinski definition) is 5. The van der Waals surface area contributed by atoms with Gasteiger partial charge < -0.3 is 15.4 Å². The highest BCUT2D eigenvalue weighted by atomic mass is 32.2. The lowest BCUT2D eigenvalue weighted by molar-refractivity contribution is -0.134. The summed E-state index contributed by atoms with van der Waals surface area (Å²) in [4.78, 5) is 37.1. The third-order valence-electron chi connectivity index (χ3n) is 4.25. The summed E-state index contributed by atoms with van der Waals surface area (Å²) in [6, 6.07) is 15.9. The average Bonchev–Trinajstić information content (AvgIpc) is 2.92. The van der Waals surface area contributed by atoms with E-state index < -0.39 is 17.2 Å². The number of ether oxygens (including phenoxy) is 1. The Hall–Kier alpha value is -2.80. The fourth-order valence-corrected chi connectivity index (χ4v) is 4.15. The van der Waals surface area contributed by atoms with E-state index in [9.17, 15) is 14.4 Å². The normalized spacial score (nSPS) is 19.1. The smallest absolute Gasteiger partial charge is 0.241 e. The molecule has 0 unspecified atom stereocenters. The predicted molar refractivity (Wildman–Crippen MR) is 103 cm³/mol. The molecule has 140 valence electrons. The van der Waals surface area contributed by atoms with E-state index in [1.54, 1.807) is 0 Å².